The lowest BCUT2D eigenvalue weighted by Crippen LogP contribution is -2.42. The number of rotatable bonds is 3. The molecule has 0 radical (unpaired) electrons. The molecule has 0 saturated carbocycles. The van der Waals surface area contributed by atoms with Crippen LogP contribution in [0.1, 0.15) is 13.8 Å². The number of hydrogen-bond donors (Lipinski definition) is 1. The maximum Gasteiger partial charge on any atom is 0.350 e. The summed E-state index contributed by atoms with van der Waals surface area (Å²) in [5.41, 5.74) is 0. The highest BCUT2D eigenvalue weighted by Crippen LogP contribution is 1.97. The van der Waals surface area contributed by atoms with Gasteiger partial charge in [-0.2, -0.15) is 5.06 Å². The van der Waals surface area contributed by atoms with Gasteiger partial charge in [0.05, 0.1) is 6.04 Å². The minimum Gasteiger partial charge on any atom is -0.340 e. The van der Waals surface area contributed by atoms with Crippen LogP contribution in [0.4, 0.5) is 4.79 Å². The number of hydroxylamine groups is 2. The van der Waals surface area contributed by atoms with Crippen molar-refractivity contribution >= 4 is 12.5 Å². The average molecular weight is 160 g/mol. The van der Waals surface area contributed by atoms with E-state index in [0.717, 1.165) is 5.06 Å². The van der Waals surface area contributed by atoms with Crippen LogP contribution in [-0.4, -0.2) is 30.7 Å². The first-order valence-electron chi connectivity index (χ1n) is 3.24. The van der Waals surface area contributed by atoms with Gasteiger partial charge in [0.1, 0.15) is 0 Å². The Labute approximate surface area is 65.3 Å². The van der Waals surface area contributed by atoms with Crippen LogP contribution in [0.2, 0.25) is 0 Å². The van der Waals surface area contributed by atoms with E-state index in [4.69, 9.17) is 0 Å². The number of hydrogen-bond acceptors (Lipinski definition) is 3. The summed E-state index contributed by atoms with van der Waals surface area (Å²) in [5, 5.41) is 3.29. The topological polar surface area (TPSA) is 58.6 Å². The summed E-state index contributed by atoms with van der Waals surface area (Å²) < 4.78 is 0. The third-order valence-corrected chi connectivity index (χ3v) is 1.04. The van der Waals surface area contributed by atoms with E-state index >= 15 is 0 Å². The SMILES string of the molecule is CNC(=O)N(OC=O)C(C)C. The molecule has 0 aromatic heterocycles. The summed E-state index contributed by atoms with van der Waals surface area (Å²) in [6, 6.07) is -0.604. The smallest absolute Gasteiger partial charge is 0.340 e. The first-order valence-corrected chi connectivity index (χ1v) is 3.24. The predicted molar refractivity (Wildman–Crippen MR) is 38.6 cm³/mol. The molecule has 0 heterocycles. The molecule has 0 saturated heterocycles. The molecule has 1 N–H and O–H groups in total. The van der Waals surface area contributed by atoms with Gasteiger partial charge in [-0.05, 0) is 13.8 Å². The zero-order valence-corrected chi connectivity index (χ0v) is 6.83. The lowest BCUT2D eigenvalue weighted by Gasteiger charge is -2.21. The molecule has 0 aliphatic carbocycles. The summed E-state index contributed by atoms with van der Waals surface area (Å²) in [5.74, 6) is 0. The molecule has 0 aromatic rings. The Hall–Kier alpha value is -1.26. The standard InChI is InChI=1S/C6H12N2O3/c1-5(2)8(11-4-9)6(10)7-3/h4-5H,1-3H3,(H,7,10). The van der Waals surface area contributed by atoms with Crippen molar-refractivity contribution in [2.45, 2.75) is 19.9 Å². The van der Waals surface area contributed by atoms with Crippen LogP contribution in [0.3, 0.4) is 0 Å². The molecule has 0 rings (SSSR count). The van der Waals surface area contributed by atoms with Crippen molar-refractivity contribution in [3.05, 3.63) is 0 Å². The predicted octanol–water partition coefficient (Wildman–Crippen LogP) is 0.124. The van der Waals surface area contributed by atoms with Crippen molar-refractivity contribution in [2.75, 3.05) is 7.05 Å². The Balaban J connectivity index is 4.08. The van der Waals surface area contributed by atoms with Gasteiger partial charge in [0.2, 0.25) is 0 Å². The summed E-state index contributed by atoms with van der Waals surface area (Å²) in [6.45, 7) is 3.69. The van der Waals surface area contributed by atoms with E-state index in [9.17, 15) is 9.59 Å². The van der Waals surface area contributed by atoms with E-state index in [0.29, 0.717) is 0 Å². The van der Waals surface area contributed by atoms with Crippen LogP contribution in [0, 0.1) is 0 Å². The molecule has 64 valence electrons. The number of carbonyl (C=O) groups is 2. The molecule has 0 spiro atoms. The van der Waals surface area contributed by atoms with E-state index in [1.165, 1.54) is 7.05 Å². The molecule has 2 amide bonds. The summed E-state index contributed by atoms with van der Waals surface area (Å²) in [4.78, 5) is 25.2. The highest BCUT2D eigenvalue weighted by Gasteiger charge is 2.15. The first-order chi connectivity index (χ1) is 5.13. The zero-order valence-electron chi connectivity index (χ0n) is 6.83. The molecule has 0 aliphatic heterocycles. The normalized spacial score (nSPS) is 9.09. The van der Waals surface area contributed by atoms with Crippen molar-refractivity contribution in [1.82, 2.24) is 10.4 Å². The minimum absolute atomic E-state index is 0.167. The monoisotopic (exact) mass is 160 g/mol. The van der Waals surface area contributed by atoms with Gasteiger partial charge in [-0.25, -0.2) is 4.79 Å². The van der Waals surface area contributed by atoms with Crippen LogP contribution in [0.5, 0.6) is 0 Å². The second-order valence-corrected chi connectivity index (χ2v) is 2.18. The van der Waals surface area contributed by atoms with Crippen molar-refractivity contribution in [3.8, 4) is 0 Å². The van der Waals surface area contributed by atoms with Crippen molar-refractivity contribution < 1.29 is 14.4 Å². The molecule has 11 heavy (non-hydrogen) atoms. The lowest BCUT2D eigenvalue weighted by molar-refractivity contribution is -0.165. The van der Waals surface area contributed by atoms with Gasteiger partial charge in [0.15, 0.2) is 0 Å². The first kappa shape index (κ1) is 9.74. The molecular formula is C6H12N2O3. The molecule has 0 atom stereocenters. The summed E-state index contributed by atoms with van der Waals surface area (Å²) in [7, 11) is 1.46. The molecule has 0 unspecified atom stereocenters. The molecule has 0 aliphatic rings. The van der Waals surface area contributed by atoms with Gasteiger partial charge in [-0.3, -0.25) is 4.79 Å². The lowest BCUT2D eigenvalue weighted by atomic mass is 10.4. The second kappa shape index (κ2) is 4.54. The van der Waals surface area contributed by atoms with Crippen molar-refractivity contribution in [2.24, 2.45) is 0 Å². The van der Waals surface area contributed by atoms with Crippen LogP contribution in [0.25, 0.3) is 0 Å². The fraction of sp³-hybridized carbons (Fsp3) is 0.667. The molecule has 5 heteroatoms. The summed E-state index contributed by atoms with van der Waals surface area (Å²) >= 11 is 0. The average Bonchev–Trinajstić information content (AvgIpc) is 1.98. The third-order valence-electron chi connectivity index (χ3n) is 1.04. The van der Waals surface area contributed by atoms with Gasteiger partial charge in [0.25, 0.3) is 0 Å². The molecule has 5 nitrogen and oxygen atoms in total. The van der Waals surface area contributed by atoms with Gasteiger partial charge in [0, 0.05) is 7.05 Å². The summed E-state index contributed by atoms with van der Waals surface area (Å²) in [6.07, 6.45) is 0. The van der Waals surface area contributed by atoms with Crippen LogP contribution in [-0.2, 0) is 9.63 Å². The Kier molecular flexibility index (Phi) is 4.02. The Bertz CT molecular complexity index is 147. The van der Waals surface area contributed by atoms with Crippen LogP contribution < -0.4 is 5.32 Å². The van der Waals surface area contributed by atoms with Gasteiger partial charge in [-0.15, -0.1) is 0 Å². The number of nitrogens with one attached hydrogen (secondary N) is 1. The Morgan fingerprint density at radius 3 is 2.45 bits per heavy atom. The van der Waals surface area contributed by atoms with Gasteiger partial charge in [-0.1, -0.05) is 0 Å². The van der Waals surface area contributed by atoms with E-state index in [-0.39, 0.29) is 12.5 Å². The number of nitrogens with zero attached hydrogens (tertiary/aromatic N) is 1. The van der Waals surface area contributed by atoms with E-state index < -0.39 is 6.03 Å². The fourth-order valence-corrected chi connectivity index (χ4v) is 0.561. The maximum absolute atomic E-state index is 10.9. The quantitative estimate of drug-likeness (QED) is 0.471. The number of carbonyl (C=O) groups excluding carboxylic acids is 2. The highest BCUT2D eigenvalue weighted by molar-refractivity contribution is 5.73. The van der Waals surface area contributed by atoms with Crippen molar-refractivity contribution in [3.63, 3.8) is 0 Å². The molecule has 0 bridgehead atoms. The third kappa shape index (κ3) is 2.88. The van der Waals surface area contributed by atoms with Crippen LogP contribution in [0.15, 0.2) is 0 Å². The maximum atomic E-state index is 10.9. The Morgan fingerprint density at radius 1 is 1.64 bits per heavy atom. The van der Waals surface area contributed by atoms with E-state index in [1.807, 2.05) is 0 Å². The van der Waals surface area contributed by atoms with Crippen LogP contribution >= 0.6 is 0 Å². The molecule has 0 aromatic carbocycles. The Morgan fingerprint density at radius 2 is 2.18 bits per heavy atom. The largest absolute Gasteiger partial charge is 0.350 e. The number of urea groups is 1. The molecule has 0 fully saturated rings. The zero-order chi connectivity index (χ0) is 8.85. The second-order valence-electron chi connectivity index (χ2n) is 2.18. The van der Waals surface area contributed by atoms with Crippen molar-refractivity contribution in [1.29, 1.82) is 0 Å². The molecular weight excluding hydrogens is 148 g/mol. The fourth-order valence-electron chi connectivity index (χ4n) is 0.561. The minimum atomic E-state index is -0.438. The van der Waals surface area contributed by atoms with Gasteiger partial charge >= 0.3 is 12.5 Å². The van der Waals surface area contributed by atoms with Gasteiger partial charge < -0.3 is 10.2 Å². The highest BCUT2D eigenvalue weighted by atomic mass is 16.7. The van der Waals surface area contributed by atoms with E-state index in [1.54, 1.807) is 13.8 Å². The number of amides is 2. The van der Waals surface area contributed by atoms with E-state index in [2.05, 4.69) is 10.2 Å².